The van der Waals surface area contributed by atoms with Crippen LogP contribution in [0.3, 0.4) is 0 Å². The lowest BCUT2D eigenvalue weighted by Crippen LogP contribution is -2.14. The van der Waals surface area contributed by atoms with Gasteiger partial charge in [-0.2, -0.15) is 0 Å². The minimum atomic E-state index is -0.519. The number of thioether (sulfide) groups is 1. The van der Waals surface area contributed by atoms with Gasteiger partial charge in [0.25, 0.3) is 0 Å². The second-order valence-corrected chi connectivity index (χ2v) is 6.89. The van der Waals surface area contributed by atoms with Crippen LogP contribution in [0.5, 0.6) is 0 Å². The summed E-state index contributed by atoms with van der Waals surface area (Å²) in [6, 6.07) is 15.6. The molecule has 0 aliphatic rings. The van der Waals surface area contributed by atoms with Crippen LogP contribution in [0.1, 0.15) is 0 Å². The molecule has 0 saturated heterocycles. The number of hydrogen-bond donors (Lipinski definition) is 1. The average Bonchev–Trinajstić information content (AvgIpc) is 2.56. The van der Waals surface area contributed by atoms with Crippen molar-refractivity contribution in [3.8, 4) is 0 Å². The zero-order chi connectivity index (χ0) is 17.1. The first-order valence-corrected chi connectivity index (χ1v) is 8.84. The van der Waals surface area contributed by atoms with E-state index < -0.39 is 5.82 Å². The van der Waals surface area contributed by atoms with Gasteiger partial charge in [-0.1, -0.05) is 47.5 Å². The van der Waals surface area contributed by atoms with E-state index in [0.29, 0.717) is 10.7 Å². The molecule has 0 fully saturated rings. The van der Waals surface area contributed by atoms with Gasteiger partial charge in [-0.05, 0) is 35.7 Å². The third-order valence-corrected chi connectivity index (χ3v) is 5.04. The van der Waals surface area contributed by atoms with Gasteiger partial charge in [-0.15, -0.1) is 11.8 Å². The number of hydrogen-bond acceptors (Lipinski definition) is 2. The summed E-state index contributed by atoms with van der Waals surface area (Å²) in [7, 11) is 0. The van der Waals surface area contributed by atoms with Gasteiger partial charge in [0.2, 0.25) is 5.91 Å². The van der Waals surface area contributed by atoms with Crippen molar-refractivity contribution in [2.24, 2.45) is 0 Å². The smallest absolute Gasteiger partial charge is 0.234 e. The van der Waals surface area contributed by atoms with Crippen molar-refractivity contribution >= 4 is 57.3 Å². The summed E-state index contributed by atoms with van der Waals surface area (Å²) in [5, 5.41) is 5.29. The fraction of sp³-hybridized carbons (Fsp3) is 0.0556. The lowest BCUT2D eigenvalue weighted by molar-refractivity contribution is -0.113. The fourth-order valence-corrected chi connectivity index (χ4v) is 3.72. The maximum atomic E-state index is 13.1. The Balaban J connectivity index is 1.71. The zero-order valence-corrected chi connectivity index (χ0v) is 14.7. The van der Waals surface area contributed by atoms with E-state index in [1.165, 1.54) is 30.0 Å². The van der Waals surface area contributed by atoms with Crippen molar-refractivity contribution in [1.82, 2.24) is 0 Å². The van der Waals surface area contributed by atoms with Crippen LogP contribution in [-0.4, -0.2) is 11.7 Å². The Morgan fingerprint density at radius 1 is 1.04 bits per heavy atom. The van der Waals surface area contributed by atoms with Crippen molar-refractivity contribution in [3.63, 3.8) is 0 Å². The third-order valence-electron chi connectivity index (χ3n) is 3.38. The first-order valence-electron chi connectivity index (χ1n) is 7.09. The second kappa shape index (κ2) is 7.43. The van der Waals surface area contributed by atoms with E-state index in [1.54, 1.807) is 0 Å². The molecular formula is C18H12Cl2FNOS. The predicted molar refractivity (Wildman–Crippen MR) is 99.7 cm³/mol. The van der Waals surface area contributed by atoms with Crippen LogP contribution in [0.25, 0.3) is 10.8 Å². The predicted octanol–water partition coefficient (Wildman–Crippen LogP) is 6.02. The van der Waals surface area contributed by atoms with E-state index in [0.717, 1.165) is 15.7 Å². The maximum absolute atomic E-state index is 13.1. The van der Waals surface area contributed by atoms with E-state index in [4.69, 9.17) is 23.2 Å². The Bertz CT molecular complexity index is 911. The van der Waals surface area contributed by atoms with Gasteiger partial charge in [0, 0.05) is 21.0 Å². The summed E-state index contributed by atoms with van der Waals surface area (Å²) in [6.45, 7) is 0. The number of rotatable bonds is 4. The van der Waals surface area contributed by atoms with Crippen LogP contribution in [0.2, 0.25) is 10.0 Å². The highest BCUT2D eigenvalue weighted by Gasteiger charge is 2.09. The summed E-state index contributed by atoms with van der Waals surface area (Å²) >= 11 is 13.4. The minimum Gasteiger partial charge on any atom is -0.325 e. The molecule has 0 saturated carbocycles. The topological polar surface area (TPSA) is 29.1 Å². The number of carbonyl (C=O) groups is 1. The fourth-order valence-electron chi connectivity index (χ4n) is 2.30. The van der Waals surface area contributed by atoms with Gasteiger partial charge < -0.3 is 5.32 Å². The highest BCUT2D eigenvalue weighted by atomic mass is 35.5. The summed E-state index contributed by atoms with van der Waals surface area (Å²) < 4.78 is 13.1. The Kier molecular flexibility index (Phi) is 5.29. The maximum Gasteiger partial charge on any atom is 0.234 e. The Hall–Kier alpha value is -1.75. The van der Waals surface area contributed by atoms with E-state index in [2.05, 4.69) is 5.32 Å². The van der Waals surface area contributed by atoms with E-state index in [1.807, 2.05) is 36.4 Å². The van der Waals surface area contributed by atoms with E-state index in [-0.39, 0.29) is 16.7 Å². The molecule has 0 spiro atoms. The third kappa shape index (κ3) is 3.83. The molecule has 1 N–H and O–H groups in total. The molecule has 3 rings (SSSR count). The highest BCUT2D eigenvalue weighted by molar-refractivity contribution is 8.00. The highest BCUT2D eigenvalue weighted by Crippen LogP contribution is 2.33. The SMILES string of the molecule is O=C(CSc1cccc2cccc(Cl)c12)Nc1ccc(F)c(Cl)c1. The lowest BCUT2D eigenvalue weighted by atomic mass is 10.1. The van der Waals surface area contributed by atoms with Crippen LogP contribution >= 0.6 is 35.0 Å². The van der Waals surface area contributed by atoms with Crippen LogP contribution in [0.15, 0.2) is 59.5 Å². The summed E-state index contributed by atoms with van der Waals surface area (Å²) in [4.78, 5) is 13.0. The molecule has 0 aromatic heterocycles. The summed E-state index contributed by atoms with van der Waals surface area (Å²) in [5.74, 6) is -0.513. The second-order valence-electron chi connectivity index (χ2n) is 5.06. The first-order chi connectivity index (χ1) is 11.5. The molecule has 122 valence electrons. The number of fused-ring (bicyclic) bond motifs is 1. The van der Waals surface area contributed by atoms with Gasteiger partial charge in [0.05, 0.1) is 10.8 Å². The van der Waals surface area contributed by atoms with Crippen molar-refractivity contribution in [2.45, 2.75) is 4.90 Å². The van der Waals surface area contributed by atoms with Gasteiger partial charge in [-0.25, -0.2) is 4.39 Å². The molecule has 2 nitrogen and oxygen atoms in total. The van der Waals surface area contributed by atoms with E-state index >= 15 is 0 Å². The Labute approximate surface area is 153 Å². The van der Waals surface area contributed by atoms with Gasteiger partial charge in [0.15, 0.2) is 0 Å². The van der Waals surface area contributed by atoms with E-state index in [9.17, 15) is 9.18 Å². The molecule has 0 radical (unpaired) electrons. The van der Waals surface area contributed by atoms with Crippen LogP contribution in [-0.2, 0) is 4.79 Å². The molecule has 3 aromatic carbocycles. The van der Waals surface area contributed by atoms with Gasteiger partial charge in [0.1, 0.15) is 5.82 Å². The monoisotopic (exact) mass is 379 g/mol. The molecule has 24 heavy (non-hydrogen) atoms. The molecule has 3 aromatic rings. The number of benzene rings is 3. The quantitative estimate of drug-likeness (QED) is 0.561. The molecule has 0 heterocycles. The zero-order valence-electron chi connectivity index (χ0n) is 12.4. The number of nitrogens with one attached hydrogen (secondary N) is 1. The van der Waals surface area contributed by atoms with Gasteiger partial charge in [-0.3, -0.25) is 4.79 Å². The Morgan fingerprint density at radius 3 is 2.54 bits per heavy atom. The molecule has 0 aliphatic heterocycles. The standard InChI is InChI=1S/C18H12Cl2FNOS/c19-13-5-1-3-11-4-2-6-16(18(11)13)24-10-17(23)22-12-7-8-15(21)14(20)9-12/h1-9H,10H2,(H,22,23). The largest absolute Gasteiger partial charge is 0.325 e. The van der Waals surface area contributed by atoms with Crippen molar-refractivity contribution in [3.05, 3.63) is 70.5 Å². The minimum absolute atomic E-state index is 0.0266. The van der Waals surface area contributed by atoms with Crippen molar-refractivity contribution in [2.75, 3.05) is 11.1 Å². The van der Waals surface area contributed by atoms with Crippen LogP contribution in [0.4, 0.5) is 10.1 Å². The van der Waals surface area contributed by atoms with Crippen molar-refractivity contribution < 1.29 is 9.18 Å². The number of halogens is 3. The lowest BCUT2D eigenvalue weighted by Gasteiger charge is -2.09. The van der Waals surface area contributed by atoms with Crippen molar-refractivity contribution in [1.29, 1.82) is 0 Å². The molecule has 0 bridgehead atoms. The Morgan fingerprint density at radius 2 is 1.79 bits per heavy atom. The normalized spacial score (nSPS) is 10.8. The van der Waals surface area contributed by atoms with Crippen LogP contribution < -0.4 is 5.32 Å². The van der Waals surface area contributed by atoms with Gasteiger partial charge >= 0.3 is 0 Å². The number of carbonyl (C=O) groups excluding carboxylic acids is 1. The first kappa shape index (κ1) is 17.1. The average molecular weight is 380 g/mol. The molecular weight excluding hydrogens is 368 g/mol. The number of amides is 1. The molecule has 0 atom stereocenters. The molecule has 6 heteroatoms. The molecule has 0 aliphatic carbocycles. The number of anilines is 1. The molecule has 0 unspecified atom stereocenters. The van der Waals surface area contributed by atoms with Crippen LogP contribution in [0, 0.1) is 5.82 Å². The molecule has 1 amide bonds. The summed E-state index contributed by atoms with van der Waals surface area (Å²) in [5.41, 5.74) is 0.461. The summed E-state index contributed by atoms with van der Waals surface area (Å²) in [6.07, 6.45) is 0.